The van der Waals surface area contributed by atoms with Gasteiger partial charge in [0.15, 0.2) is 0 Å². The molecule has 7 heteroatoms. The average molecular weight is 399 g/mol. The summed E-state index contributed by atoms with van der Waals surface area (Å²) in [5, 5.41) is 6.75. The van der Waals surface area contributed by atoms with Crippen LogP contribution >= 0.6 is 23.5 Å². The summed E-state index contributed by atoms with van der Waals surface area (Å²) in [4.78, 5) is 4.99. The lowest BCUT2D eigenvalue weighted by atomic mass is 10.0. The fraction of sp³-hybridized carbons (Fsp3) is 0.100. The van der Waals surface area contributed by atoms with Crippen LogP contribution in [-0.2, 0) is 6.42 Å². The van der Waals surface area contributed by atoms with Crippen LogP contribution in [0.25, 0.3) is 11.1 Å². The molecule has 4 nitrogen and oxygen atoms in total. The minimum absolute atomic E-state index is 0.118. The lowest BCUT2D eigenvalue weighted by Crippen LogP contribution is -2.33. The second-order valence-corrected chi connectivity index (χ2v) is 7.15. The van der Waals surface area contributed by atoms with E-state index in [1.165, 1.54) is 23.6 Å². The van der Waals surface area contributed by atoms with Gasteiger partial charge in [0.05, 0.1) is 15.6 Å². The molecule has 0 spiro atoms. The number of para-hydroxylation sites is 1. The maximum atomic E-state index is 13.9. The third kappa shape index (κ3) is 3.91. The predicted octanol–water partition coefficient (Wildman–Crippen LogP) is 5.16. The number of aromatic nitrogens is 1. The zero-order valence-corrected chi connectivity index (χ0v) is 15.8. The summed E-state index contributed by atoms with van der Waals surface area (Å²) in [5.41, 5.74) is 3.57. The topological polar surface area (TPSA) is 49.3 Å². The van der Waals surface area contributed by atoms with Crippen molar-refractivity contribution in [3.8, 4) is 11.1 Å². The molecule has 0 saturated heterocycles. The molecule has 1 aromatic heterocycles. The summed E-state index contributed by atoms with van der Waals surface area (Å²) in [6.07, 6.45) is 4.43. The Labute approximate surface area is 166 Å². The molecule has 1 aliphatic heterocycles. The van der Waals surface area contributed by atoms with Crippen molar-refractivity contribution in [2.45, 2.75) is 11.3 Å². The van der Waals surface area contributed by atoms with E-state index in [1.54, 1.807) is 18.5 Å². The van der Waals surface area contributed by atoms with Crippen LogP contribution < -0.4 is 10.6 Å². The van der Waals surface area contributed by atoms with Crippen LogP contribution in [0.2, 0.25) is 5.02 Å². The van der Waals surface area contributed by atoms with Crippen molar-refractivity contribution in [1.29, 1.82) is 0 Å². The van der Waals surface area contributed by atoms with Crippen molar-refractivity contribution in [3.05, 3.63) is 77.3 Å². The second-order valence-electron chi connectivity index (χ2n) is 5.97. The second kappa shape index (κ2) is 7.98. The van der Waals surface area contributed by atoms with E-state index in [9.17, 15) is 4.39 Å². The van der Waals surface area contributed by atoms with E-state index in [2.05, 4.69) is 20.0 Å². The molecule has 0 fully saturated rings. The molecule has 2 aromatic carbocycles. The van der Waals surface area contributed by atoms with E-state index in [-0.39, 0.29) is 5.02 Å². The molecule has 0 radical (unpaired) electrons. The smallest absolute Gasteiger partial charge is 0.207 e. The molecule has 0 bridgehead atoms. The van der Waals surface area contributed by atoms with Gasteiger partial charge in [0.25, 0.3) is 0 Å². The van der Waals surface area contributed by atoms with E-state index >= 15 is 0 Å². The lowest BCUT2D eigenvalue weighted by molar-refractivity contribution is 0.629. The minimum Gasteiger partial charge on any atom is -0.355 e. The Bertz CT molecular complexity index is 995. The molecule has 0 amide bonds. The van der Waals surface area contributed by atoms with Gasteiger partial charge in [-0.3, -0.25) is 4.98 Å². The highest BCUT2D eigenvalue weighted by atomic mass is 35.5. The molecular weight excluding hydrogens is 383 g/mol. The lowest BCUT2D eigenvalue weighted by Gasteiger charge is -2.22. The van der Waals surface area contributed by atoms with Crippen LogP contribution in [0.5, 0.6) is 0 Å². The van der Waals surface area contributed by atoms with Gasteiger partial charge in [-0.15, -0.1) is 0 Å². The average Bonchev–Trinajstić information content (AvgIpc) is 2.70. The zero-order valence-electron chi connectivity index (χ0n) is 14.2. The van der Waals surface area contributed by atoms with Crippen LogP contribution in [0.15, 0.2) is 70.2 Å². The fourth-order valence-electron chi connectivity index (χ4n) is 2.86. The van der Waals surface area contributed by atoms with Gasteiger partial charge in [0.2, 0.25) is 5.96 Å². The van der Waals surface area contributed by atoms with Crippen LogP contribution in [-0.4, -0.2) is 17.5 Å². The summed E-state index contributed by atoms with van der Waals surface area (Å²) >= 11 is 7.58. The van der Waals surface area contributed by atoms with E-state index in [1.807, 2.05) is 36.4 Å². The normalized spacial score (nSPS) is 12.7. The van der Waals surface area contributed by atoms with Gasteiger partial charge in [-0.2, -0.15) is 4.40 Å². The Morgan fingerprint density at radius 2 is 1.81 bits per heavy atom. The highest BCUT2D eigenvalue weighted by Crippen LogP contribution is 2.41. The van der Waals surface area contributed by atoms with Crippen molar-refractivity contribution < 1.29 is 4.39 Å². The summed E-state index contributed by atoms with van der Waals surface area (Å²) < 4.78 is 18.4. The maximum absolute atomic E-state index is 13.9. The Morgan fingerprint density at radius 3 is 2.67 bits per heavy atom. The van der Waals surface area contributed by atoms with Crippen LogP contribution in [0.1, 0.15) is 5.56 Å². The number of anilines is 1. The van der Waals surface area contributed by atoms with Crippen molar-refractivity contribution in [1.82, 2.24) is 10.3 Å². The van der Waals surface area contributed by atoms with Gasteiger partial charge in [-0.05, 0) is 36.2 Å². The van der Waals surface area contributed by atoms with E-state index in [0.29, 0.717) is 11.5 Å². The molecule has 0 atom stereocenters. The molecule has 0 unspecified atom stereocenters. The summed E-state index contributed by atoms with van der Waals surface area (Å²) in [6, 6.07) is 14.6. The summed E-state index contributed by atoms with van der Waals surface area (Å²) in [6.45, 7) is 0.731. The highest BCUT2D eigenvalue weighted by molar-refractivity contribution is 7.98. The number of benzene rings is 2. The van der Waals surface area contributed by atoms with Gasteiger partial charge in [-0.1, -0.05) is 35.9 Å². The number of nitrogens with zero attached hydrogens (tertiary/aromatic N) is 2. The standard InChI is InChI=1S/C20H16ClFN4S/c21-18-14(3-1-5-16(18)22)15-4-2-6-17-19(15)25-20(26-27-17)24-12-9-13-7-10-23-11-8-13/h1-8,10-11H,9,12H2,(H2,24,25,26). The Kier molecular flexibility index (Phi) is 5.27. The fourth-order valence-corrected chi connectivity index (χ4v) is 3.78. The molecule has 136 valence electrons. The van der Waals surface area contributed by atoms with Gasteiger partial charge >= 0.3 is 0 Å². The van der Waals surface area contributed by atoms with E-state index < -0.39 is 5.82 Å². The van der Waals surface area contributed by atoms with E-state index in [4.69, 9.17) is 11.6 Å². The number of rotatable bonds is 4. The Balaban J connectivity index is 1.52. The monoisotopic (exact) mass is 398 g/mol. The van der Waals surface area contributed by atoms with Gasteiger partial charge in [0, 0.05) is 42.0 Å². The van der Waals surface area contributed by atoms with Gasteiger partial charge in [0.1, 0.15) is 5.82 Å². The van der Waals surface area contributed by atoms with Crippen molar-refractivity contribution >= 4 is 35.2 Å². The first-order chi connectivity index (χ1) is 13.2. The van der Waals surface area contributed by atoms with Gasteiger partial charge < -0.3 is 10.6 Å². The third-order valence-electron chi connectivity index (χ3n) is 4.20. The third-order valence-corrected chi connectivity index (χ3v) is 5.40. The maximum Gasteiger partial charge on any atom is 0.207 e. The van der Waals surface area contributed by atoms with Gasteiger partial charge in [-0.25, -0.2) is 4.39 Å². The zero-order chi connectivity index (χ0) is 18.6. The molecule has 1 aliphatic rings. The number of halogens is 2. The number of hydrogen-bond donors (Lipinski definition) is 2. The molecule has 2 heterocycles. The van der Waals surface area contributed by atoms with Crippen molar-refractivity contribution in [3.63, 3.8) is 0 Å². The van der Waals surface area contributed by atoms with E-state index in [0.717, 1.165) is 29.1 Å². The molecule has 27 heavy (non-hydrogen) atoms. The number of guanidine groups is 1. The number of nitrogens with one attached hydrogen (secondary N) is 2. The molecule has 2 N–H and O–H groups in total. The number of hydrogen-bond acceptors (Lipinski definition) is 5. The summed E-state index contributed by atoms with van der Waals surface area (Å²) in [7, 11) is 0. The van der Waals surface area contributed by atoms with Crippen molar-refractivity contribution in [2.24, 2.45) is 4.40 Å². The minimum atomic E-state index is -0.431. The molecule has 0 saturated carbocycles. The highest BCUT2D eigenvalue weighted by Gasteiger charge is 2.19. The number of fused-ring (bicyclic) bond motifs is 1. The van der Waals surface area contributed by atoms with Crippen LogP contribution in [0, 0.1) is 5.82 Å². The molecular formula is C20H16ClFN4S. The Morgan fingerprint density at radius 1 is 1.04 bits per heavy atom. The van der Waals surface area contributed by atoms with Crippen LogP contribution in [0.3, 0.4) is 0 Å². The quantitative estimate of drug-likeness (QED) is 0.596. The molecule has 0 aliphatic carbocycles. The first kappa shape index (κ1) is 17.8. The predicted molar refractivity (Wildman–Crippen MR) is 110 cm³/mol. The Hall–Kier alpha value is -2.57. The molecule has 4 rings (SSSR count). The van der Waals surface area contributed by atoms with Crippen molar-refractivity contribution in [2.75, 3.05) is 11.9 Å². The first-order valence-electron chi connectivity index (χ1n) is 8.44. The summed E-state index contributed by atoms with van der Waals surface area (Å²) in [5.74, 6) is 0.237. The largest absolute Gasteiger partial charge is 0.355 e. The van der Waals surface area contributed by atoms with Crippen LogP contribution in [0.4, 0.5) is 10.1 Å². The SMILES string of the molecule is Fc1cccc(-c2cccc3c2NC(NCCc2ccncc2)=NS3)c1Cl. The molecule has 3 aromatic rings. The number of pyridine rings is 1. The first-order valence-corrected chi connectivity index (χ1v) is 9.60.